The second-order valence-corrected chi connectivity index (χ2v) is 6.43. The molecule has 1 aromatic carbocycles. The first-order valence-corrected chi connectivity index (χ1v) is 7.97. The molecular weight excluding hydrogens is 251 g/mol. The summed E-state index contributed by atoms with van der Waals surface area (Å²) in [5, 5.41) is 3.45. The minimum absolute atomic E-state index is 0.131. The number of benzene rings is 1. The van der Waals surface area contributed by atoms with Gasteiger partial charge >= 0.3 is 0 Å². The molecular formula is C17H25FN2. The summed E-state index contributed by atoms with van der Waals surface area (Å²) in [6, 6.07) is 7.03. The molecule has 0 bridgehead atoms. The number of hydrogen-bond donors (Lipinski definition) is 1. The molecule has 2 aliphatic heterocycles. The standard InChI is InChI=1S/C17H25FN2/c18-17-3-1-14(2-4-17)11-15-6-9-20(10-7-15)13-16-5-8-19-12-16/h1-4,15-16,19H,5-13H2/t16-/m1/s1. The van der Waals surface area contributed by atoms with Crippen LogP contribution in [0, 0.1) is 17.7 Å². The zero-order valence-corrected chi connectivity index (χ0v) is 12.2. The predicted octanol–water partition coefficient (Wildman–Crippen LogP) is 2.69. The maximum Gasteiger partial charge on any atom is 0.123 e. The van der Waals surface area contributed by atoms with Crippen LogP contribution >= 0.6 is 0 Å². The number of nitrogens with one attached hydrogen (secondary N) is 1. The summed E-state index contributed by atoms with van der Waals surface area (Å²) in [6.45, 7) is 6.15. The van der Waals surface area contributed by atoms with Gasteiger partial charge in [0.1, 0.15) is 5.82 Å². The summed E-state index contributed by atoms with van der Waals surface area (Å²) in [4.78, 5) is 2.64. The van der Waals surface area contributed by atoms with Crippen LogP contribution in [0.1, 0.15) is 24.8 Å². The highest BCUT2D eigenvalue weighted by molar-refractivity contribution is 5.16. The van der Waals surface area contributed by atoms with Crippen LogP contribution in [0.3, 0.4) is 0 Å². The number of halogens is 1. The molecule has 0 aromatic heterocycles. The molecule has 0 spiro atoms. The third-order valence-corrected chi connectivity index (χ3v) is 4.82. The van der Waals surface area contributed by atoms with Crippen LogP contribution in [-0.4, -0.2) is 37.6 Å². The highest BCUT2D eigenvalue weighted by Gasteiger charge is 2.23. The minimum Gasteiger partial charge on any atom is -0.316 e. The van der Waals surface area contributed by atoms with E-state index in [1.807, 2.05) is 12.1 Å². The lowest BCUT2D eigenvalue weighted by molar-refractivity contribution is 0.164. The summed E-state index contributed by atoms with van der Waals surface area (Å²) in [6.07, 6.45) is 5.03. The van der Waals surface area contributed by atoms with E-state index < -0.39 is 0 Å². The van der Waals surface area contributed by atoms with E-state index in [9.17, 15) is 4.39 Å². The average molecular weight is 276 g/mol. The van der Waals surface area contributed by atoms with E-state index in [1.165, 1.54) is 57.5 Å². The molecule has 20 heavy (non-hydrogen) atoms. The van der Waals surface area contributed by atoms with Crippen molar-refractivity contribution in [2.24, 2.45) is 11.8 Å². The molecule has 1 atom stereocenters. The Labute approximate surface area is 121 Å². The fourth-order valence-corrected chi connectivity index (χ4v) is 3.56. The predicted molar refractivity (Wildman–Crippen MR) is 80.2 cm³/mol. The average Bonchev–Trinajstić information content (AvgIpc) is 2.96. The van der Waals surface area contributed by atoms with Gasteiger partial charge < -0.3 is 10.2 Å². The Balaban J connectivity index is 1.42. The maximum absolute atomic E-state index is 12.9. The molecule has 2 heterocycles. The molecule has 0 saturated carbocycles. The molecule has 3 rings (SSSR count). The van der Waals surface area contributed by atoms with E-state index in [1.54, 1.807) is 12.1 Å². The fraction of sp³-hybridized carbons (Fsp3) is 0.647. The topological polar surface area (TPSA) is 15.3 Å². The molecule has 1 N–H and O–H groups in total. The summed E-state index contributed by atoms with van der Waals surface area (Å²) in [5.41, 5.74) is 1.28. The van der Waals surface area contributed by atoms with Gasteiger partial charge in [0.15, 0.2) is 0 Å². The van der Waals surface area contributed by atoms with Gasteiger partial charge in [0.05, 0.1) is 0 Å². The lowest BCUT2D eigenvalue weighted by Crippen LogP contribution is -2.38. The van der Waals surface area contributed by atoms with Gasteiger partial charge in [-0.25, -0.2) is 4.39 Å². The van der Waals surface area contributed by atoms with Gasteiger partial charge in [0, 0.05) is 6.54 Å². The van der Waals surface area contributed by atoms with Gasteiger partial charge in [-0.1, -0.05) is 12.1 Å². The van der Waals surface area contributed by atoms with Crippen molar-refractivity contribution in [3.8, 4) is 0 Å². The highest BCUT2D eigenvalue weighted by Crippen LogP contribution is 2.23. The highest BCUT2D eigenvalue weighted by atomic mass is 19.1. The Morgan fingerprint density at radius 1 is 1.05 bits per heavy atom. The maximum atomic E-state index is 12.9. The zero-order valence-electron chi connectivity index (χ0n) is 12.2. The van der Waals surface area contributed by atoms with Crippen LogP contribution in [-0.2, 0) is 6.42 Å². The first-order chi connectivity index (χ1) is 9.79. The molecule has 0 radical (unpaired) electrons. The van der Waals surface area contributed by atoms with Gasteiger partial charge in [-0.15, -0.1) is 0 Å². The van der Waals surface area contributed by atoms with Crippen LogP contribution in [0.2, 0.25) is 0 Å². The SMILES string of the molecule is Fc1ccc(CC2CCN(C[C@@H]3CCNC3)CC2)cc1. The normalized spacial score (nSPS) is 25.1. The van der Waals surface area contributed by atoms with Crippen molar-refractivity contribution < 1.29 is 4.39 Å². The van der Waals surface area contributed by atoms with E-state index in [-0.39, 0.29) is 5.82 Å². The van der Waals surface area contributed by atoms with Crippen LogP contribution in [0.5, 0.6) is 0 Å². The van der Waals surface area contributed by atoms with Crippen molar-refractivity contribution in [2.45, 2.75) is 25.7 Å². The molecule has 1 aromatic rings. The Bertz CT molecular complexity index is 404. The number of nitrogens with zero attached hydrogens (tertiary/aromatic N) is 1. The first kappa shape index (κ1) is 14.0. The van der Waals surface area contributed by atoms with E-state index >= 15 is 0 Å². The number of hydrogen-bond acceptors (Lipinski definition) is 2. The van der Waals surface area contributed by atoms with Crippen molar-refractivity contribution in [2.75, 3.05) is 32.7 Å². The molecule has 2 aliphatic rings. The van der Waals surface area contributed by atoms with Gasteiger partial charge in [-0.2, -0.15) is 0 Å². The number of likely N-dealkylation sites (tertiary alicyclic amines) is 1. The molecule has 3 heteroatoms. The molecule has 2 saturated heterocycles. The van der Waals surface area contributed by atoms with Crippen molar-refractivity contribution in [3.05, 3.63) is 35.6 Å². The van der Waals surface area contributed by atoms with Crippen molar-refractivity contribution in [1.82, 2.24) is 10.2 Å². The lowest BCUT2D eigenvalue weighted by Gasteiger charge is -2.33. The molecule has 0 amide bonds. The molecule has 0 unspecified atom stereocenters. The minimum atomic E-state index is -0.131. The largest absolute Gasteiger partial charge is 0.316 e. The molecule has 2 nitrogen and oxygen atoms in total. The monoisotopic (exact) mass is 276 g/mol. The summed E-state index contributed by atoms with van der Waals surface area (Å²) < 4.78 is 12.9. The van der Waals surface area contributed by atoms with Crippen LogP contribution in [0.4, 0.5) is 4.39 Å². The summed E-state index contributed by atoms with van der Waals surface area (Å²) in [7, 11) is 0. The lowest BCUT2D eigenvalue weighted by atomic mass is 9.90. The van der Waals surface area contributed by atoms with Crippen molar-refractivity contribution >= 4 is 0 Å². The Kier molecular flexibility index (Phi) is 4.69. The summed E-state index contributed by atoms with van der Waals surface area (Å²) >= 11 is 0. The second-order valence-electron chi connectivity index (χ2n) is 6.43. The van der Waals surface area contributed by atoms with Gasteiger partial charge in [-0.3, -0.25) is 0 Å². The molecule has 110 valence electrons. The fourth-order valence-electron chi connectivity index (χ4n) is 3.56. The number of piperidine rings is 1. The van der Waals surface area contributed by atoms with Gasteiger partial charge in [0.25, 0.3) is 0 Å². The third kappa shape index (κ3) is 3.80. The Morgan fingerprint density at radius 2 is 1.80 bits per heavy atom. The smallest absolute Gasteiger partial charge is 0.123 e. The zero-order chi connectivity index (χ0) is 13.8. The van der Waals surface area contributed by atoms with Crippen molar-refractivity contribution in [1.29, 1.82) is 0 Å². The van der Waals surface area contributed by atoms with Crippen LogP contribution in [0.25, 0.3) is 0 Å². The number of rotatable bonds is 4. The van der Waals surface area contributed by atoms with Gasteiger partial charge in [-0.05, 0) is 81.4 Å². The summed E-state index contributed by atoms with van der Waals surface area (Å²) in [5.74, 6) is 1.51. The Hall–Kier alpha value is -0.930. The van der Waals surface area contributed by atoms with Crippen LogP contribution < -0.4 is 5.32 Å². The molecule has 0 aliphatic carbocycles. The van der Waals surface area contributed by atoms with E-state index in [0.29, 0.717) is 0 Å². The second kappa shape index (κ2) is 6.68. The van der Waals surface area contributed by atoms with Crippen LogP contribution in [0.15, 0.2) is 24.3 Å². The third-order valence-electron chi connectivity index (χ3n) is 4.82. The van der Waals surface area contributed by atoms with Crippen molar-refractivity contribution in [3.63, 3.8) is 0 Å². The first-order valence-electron chi connectivity index (χ1n) is 7.97. The Morgan fingerprint density at radius 3 is 2.45 bits per heavy atom. The van der Waals surface area contributed by atoms with Gasteiger partial charge in [0.2, 0.25) is 0 Å². The van der Waals surface area contributed by atoms with E-state index in [2.05, 4.69) is 10.2 Å². The molecule has 2 fully saturated rings. The van der Waals surface area contributed by atoms with E-state index in [0.717, 1.165) is 18.3 Å². The van der Waals surface area contributed by atoms with E-state index in [4.69, 9.17) is 0 Å². The quantitative estimate of drug-likeness (QED) is 0.909.